The Morgan fingerprint density at radius 3 is 0.717 bits per heavy atom. The quantitative estimate of drug-likeness (QED) is 0.211. The van der Waals surface area contributed by atoms with E-state index in [-0.39, 0.29) is 24.4 Å². The number of rotatable bonds is 4. The second-order valence-corrected chi connectivity index (χ2v) is 11.8. The van der Waals surface area contributed by atoms with Crippen LogP contribution in [0.3, 0.4) is 0 Å². The van der Waals surface area contributed by atoms with E-state index >= 15 is 0 Å². The predicted octanol–water partition coefficient (Wildman–Crippen LogP) is 6.29. The van der Waals surface area contributed by atoms with Gasteiger partial charge in [0, 0.05) is 77.4 Å². The maximum atomic E-state index is 5.83. The van der Waals surface area contributed by atoms with E-state index in [1.165, 1.54) is 22.3 Å². The fourth-order valence-electron chi connectivity index (χ4n) is 5.77. The Balaban J connectivity index is 1.31. The van der Waals surface area contributed by atoms with Gasteiger partial charge in [-0.05, 0) is 83.6 Å². The van der Waals surface area contributed by atoms with Crippen molar-refractivity contribution in [1.82, 2.24) is 0 Å². The lowest BCUT2D eigenvalue weighted by atomic mass is 10.0. The molecule has 0 amide bonds. The van der Waals surface area contributed by atoms with Gasteiger partial charge in [0.2, 0.25) is 0 Å². The molecule has 8 bridgehead atoms. The molecule has 46 heavy (non-hydrogen) atoms. The van der Waals surface area contributed by atoms with Gasteiger partial charge in [-0.25, -0.2) is 0 Å². The maximum absolute atomic E-state index is 5.83. The van der Waals surface area contributed by atoms with Crippen LogP contribution in [0.5, 0.6) is 0 Å². The molecule has 0 saturated heterocycles. The largest absolute Gasteiger partial charge is 0.382 e. The molecule has 0 radical (unpaired) electrons. The number of hydrogen-bond donors (Lipinski definition) is 4. The summed E-state index contributed by atoms with van der Waals surface area (Å²) in [6.07, 6.45) is 1.22. The van der Waals surface area contributed by atoms with Gasteiger partial charge in [0.15, 0.2) is 0 Å². The van der Waals surface area contributed by atoms with Crippen LogP contribution in [0.1, 0.15) is 22.3 Å². The van der Waals surface area contributed by atoms with Crippen molar-refractivity contribution in [2.45, 2.75) is 37.3 Å². The van der Waals surface area contributed by atoms with Crippen LogP contribution in [0.2, 0.25) is 0 Å². The van der Waals surface area contributed by atoms with Gasteiger partial charge in [0.25, 0.3) is 0 Å². The van der Waals surface area contributed by atoms with E-state index < -0.39 is 0 Å². The zero-order valence-corrected chi connectivity index (χ0v) is 27.4. The number of hydrogen-bond acceptors (Lipinski definition) is 8. The van der Waals surface area contributed by atoms with E-state index in [9.17, 15) is 0 Å². The van der Waals surface area contributed by atoms with Crippen LogP contribution in [0.15, 0.2) is 97.1 Å². The molecule has 4 atom stereocenters. The Labute approximate surface area is 273 Å². The van der Waals surface area contributed by atoms with Crippen molar-refractivity contribution >= 4 is 22.7 Å². The summed E-state index contributed by atoms with van der Waals surface area (Å²) in [6.45, 7) is 2.53. The molecule has 7 aliphatic heterocycles. The molecular weight excluding hydrogens is 576 g/mol. The Kier molecular flexibility index (Phi) is 12.3. The fraction of sp³-hybridized carbons (Fsp3) is 0.368. The number of ether oxygens (including phenoxy) is 4. The summed E-state index contributed by atoms with van der Waals surface area (Å²) in [5, 5.41) is 14.1. The third-order valence-electron chi connectivity index (χ3n) is 8.70. The summed E-state index contributed by atoms with van der Waals surface area (Å²) >= 11 is 0. The Morgan fingerprint density at radius 1 is 0.348 bits per heavy atom. The van der Waals surface area contributed by atoms with E-state index in [1.807, 2.05) is 0 Å². The van der Waals surface area contributed by atoms with Gasteiger partial charge in [-0.2, -0.15) is 0 Å². The average Bonchev–Trinajstić information content (AvgIpc) is 3.10. The number of anilines is 4. The lowest BCUT2D eigenvalue weighted by molar-refractivity contribution is -0.0215. The number of methoxy groups -OCH3 is 4. The standard InChI is InChI=1S/C38H48N4O4/c1-43-35-23-39-31-13-5-27(6-14-31)21-29-9-17-33(18-10-29)41-25-37(45-3)38(46-4)26-42-34-19-11-30(12-20-34)22-28-7-15-32(16-8-28)40-24-36(35)44-2/h5-20,35-42H,21-26H2,1-4H3/t35-,36-,37-,38-/m1/s1. The van der Waals surface area contributed by atoms with Gasteiger partial charge in [-0.15, -0.1) is 0 Å². The second-order valence-electron chi connectivity index (χ2n) is 11.8. The summed E-state index contributed by atoms with van der Waals surface area (Å²) < 4.78 is 23.3. The Morgan fingerprint density at radius 2 is 0.543 bits per heavy atom. The van der Waals surface area contributed by atoms with Crippen LogP contribution in [-0.4, -0.2) is 79.0 Å². The first kappa shape index (κ1) is 33.3. The molecule has 0 aliphatic carbocycles. The van der Waals surface area contributed by atoms with Crippen molar-refractivity contribution in [3.05, 3.63) is 119 Å². The molecule has 0 aromatic heterocycles. The van der Waals surface area contributed by atoms with Crippen LogP contribution in [0.4, 0.5) is 22.7 Å². The van der Waals surface area contributed by atoms with Crippen molar-refractivity contribution in [2.24, 2.45) is 0 Å². The fourth-order valence-corrected chi connectivity index (χ4v) is 5.77. The van der Waals surface area contributed by atoms with E-state index in [0.29, 0.717) is 26.2 Å². The minimum absolute atomic E-state index is 0.124. The topological polar surface area (TPSA) is 85.0 Å². The molecule has 0 saturated carbocycles. The van der Waals surface area contributed by atoms with Crippen LogP contribution >= 0.6 is 0 Å². The van der Waals surface area contributed by atoms with E-state index in [1.54, 1.807) is 28.4 Å². The third-order valence-corrected chi connectivity index (χ3v) is 8.70. The normalized spacial score (nSPS) is 21.1. The molecular formula is C38H48N4O4. The summed E-state index contributed by atoms with van der Waals surface area (Å²) in [5.74, 6) is 0. The van der Waals surface area contributed by atoms with Crippen LogP contribution in [0.25, 0.3) is 0 Å². The van der Waals surface area contributed by atoms with Crippen LogP contribution < -0.4 is 21.3 Å². The summed E-state index contributed by atoms with van der Waals surface area (Å²) in [6, 6.07) is 34.4. The first-order chi connectivity index (χ1) is 22.6. The zero-order valence-electron chi connectivity index (χ0n) is 27.4. The van der Waals surface area contributed by atoms with E-state index in [2.05, 4.69) is 118 Å². The molecule has 0 fully saturated rings. The van der Waals surface area contributed by atoms with Crippen molar-refractivity contribution in [2.75, 3.05) is 75.9 Å². The zero-order chi connectivity index (χ0) is 32.1. The molecule has 0 unspecified atom stereocenters. The molecule has 7 aliphatic rings. The van der Waals surface area contributed by atoms with Crippen LogP contribution in [0, 0.1) is 0 Å². The molecule has 244 valence electrons. The molecule has 8 heteroatoms. The monoisotopic (exact) mass is 624 g/mol. The van der Waals surface area contributed by atoms with Gasteiger partial charge in [0.1, 0.15) is 24.4 Å². The molecule has 4 aromatic rings. The molecule has 4 aromatic carbocycles. The van der Waals surface area contributed by atoms with Gasteiger partial charge >= 0.3 is 0 Å². The van der Waals surface area contributed by atoms with Crippen molar-refractivity contribution in [3.8, 4) is 0 Å². The lowest BCUT2D eigenvalue weighted by Crippen LogP contribution is -2.40. The average molecular weight is 625 g/mol. The van der Waals surface area contributed by atoms with Gasteiger partial charge < -0.3 is 40.2 Å². The van der Waals surface area contributed by atoms with E-state index in [0.717, 1.165) is 35.6 Å². The minimum atomic E-state index is -0.124. The Hall–Kier alpha value is -4.08. The first-order valence-electron chi connectivity index (χ1n) is 16.0. The maximum Gasteiger partial charge on any atom is 0.102 e. The van der Waals surface area contributed by atoms with Crippen LogP contribution in [-0.2, 0) is 31.8 Å². The van der Waals surface area contributed by atoms with Crippen molar-refractivity contribution in [1.29, 1.82) is 0 Å². The third kappa shape index (κ3) is 9.47. The molecule has 7 heterocycles. The molecule has 4 N–H and O–H groups in total. The summed E-state index contributed by atoms with van der Waals surface area (Å²) in [5.41, 5.74) is 9.22. The highest BCUT2D eigenvalue weighted by Crippen LogP contribution is 2.20. The van der Waals surface area contributed by atoms with Gasteiger partial charge in [0.05, 0.1) is 0 Å². The predicted molar refractivity (Wildman–Crippen MR) is 189 cm³/mol. The highest BCUT2D eigenvalue weighted by molar-refractivity contribution is 5.49. The Bertz CT molecular complexity index is 1220. The van der Waals surface area contributed by atoms with Crippen molar-refractivity contribution in [3.63, 3.8) is 0 Å². The number of nitrogens with one attached hydrogen (secondary N) is 4. The molecule has 8 nitrogen and oxygen atoms in total. The second kappa shape index (κ2) is 17.0. The summed E-state index contributed by atoms with van der Waals surface area (Å²) in [7, 11) is 6.94. The molecule has 0 spiro atoms. The first-order valence-corrected chi connectivity index (χ1v) is 16.0. The number of benzene rings is 4. The highest BCUT2D eigenvalue weighted by atomic mass is 16.5. The highest BCUT2D eigenvalue weighted by Gasteiger charge is 2.22. The van der Waals surface area contributed by atoms with Gasteiger partial charge in [-0.3, -0.25) is 0 Å². The summed E-state index contributed by atoms with van der Waals surface area (Å²) in [4.78, 5) is 0. The smallest absolute Gasteiger partial charge is 0.102 e. The minimum Gasteiger partial charge on any atom is -0.382 e. The SMILES string of the molecule is CO[C@@H]1CNc2ccc(cc2)Cc2ccc(cc2)NC[C@@H](OC)[C@H](OC)CNc2ccc(cc2)Cc2ccc(cc2)NC[C@H]1OC. The van der Waals surface area contributed by atoms with Gasteiger partial charge in [-0.1, -0.05) is 48.5 Å². The molecule has 11 rings (SSSR count). The van der Waals surface area contributed by atoms with Crippen molar-refractivity contribution < 1.29 is 18.9 Å². The van der Waals surface area contributed by atoms with E-state index in [4.69, 9.17) is 18.9 Å². The lowest BCUT2D eigenvalue weighted by Gasteiger charge is -2.26.